The number of phenolic OH excluding ortho intramolecular Hbond substituents is 1. The highest BCUT2D eigenvalue weighted by Gasteiger charge is 2.09. The summed E-state index contributed by atoms with van der Waals surface area (Å²) in [6.45, 7) is 1.44. The van der Waals surface area contributed by atoms with Crippen LogP contribution in [0.25, 0.3) is 0 Å². The van der Waals surface area contributed by atoms with Gasteiger partial charge in [0.15, 0.2) is 0 Å². The van der Waals surface area contributed by atoms with Gasteiger partial charge in [-0.15, -0.1) is 23.2 Å². The van der Waals surface area contributed by atoms with E-state index in [1.165, 1.54) is 25.3 Å². The van der Waals surface area contributed by atoms with E-state index in [1.807, 2.05) is 24.3 Å². The number of halogens is 2. The molecule has 2 rings (SSSR count). The molecule has 26 heavy (non-hydrogen) atoms. The quantitative estimate of drug-likeness (QED) is 0.413. The summed E-state index contributed by atoms with van der Waals surface area (Å²) in [5.74, 6) is 0.552. The maximum absolute atomic E-state index is 11.6. The summed E-state index contributed by atoms with van der Waals surface area (Å²) in [5.41, 5.74) is 2.50. The number of ether oxygens (including phenoxy) is 1. The molecule has 0 radical (unpaired) electrons. The zero-order valence-corrected chi connectivity index (χ0v) is 15.9. The smallest absolute Gasteiger partial charge is 0.337 e. The predicted octanol–water partition coefficient (Wildman–Crippen LogP) is 4.21. The fourth-order valence-electron chi connectivity index (χ4n) is 2.36. The molecule has 0 amide bonds. The lowest BCUT2D eigenvalue weighted by Gasteiger charge is -2.22. The highest BCUT2D eigenvalue weighted by molar-refractivity contribution is 6.18. The molecule has 7 heteroatoms. The highest BCUT2D eigenvalue weighted by Crippen LogP contribution is 2.27. The number of esters is 1. The molecule has 138 valence electrons. The van der Waals surface area contributed by atoms with Crippen molar-refractivity contribution in [2.45, 2.75) is 0 Å². The number of rotatable bonds is 8. The number of hydrogen-bond donors (Lipinski definition) is 1. The van der Waals surface area contributed by atoms with Gasteiger partial charge in [-0.1, -0.05) is 12.1 Å². The number of phenols is 1. The van der Waals surface area contributed by atoms with Crippen LogP contribution in [0, 0.1) is 0 Å². The van der Waals surface area contributed by atoms with Gasteiger partial charge in [-0.05, 0) is 35.9 Å². The first kappa shape index (κ1) is 20.1. The summed E-state index contributed by atoms with van der Waals surface area (Å²) in [5, 5.41) is 9.90. The lowest BCUT2D eigenvalue weighted by Crippen LogP contribution is -2.27. The number of carbonyl (C=O) groups excluding carboxylic acids is 1. The van der Waals surface area contributed by atoms with Crippen molar-refractivity contribution in [3.8, 4) is 5.75 Å². The number of benzene rings is 2. The first-order chi connectivity index (χ1) is 12.6. The molecule has 0 aliphatic carbocycles. The SMILES string of the molecule is COC(=O)c1ccc(O)c(N=Cc2ccc(N(CCCl)CCCl)cc2)c1. The molecular formula is C19H20Cl2N2O3. The van der Waals surface area contributed by atoms with Crippen molar-refractivity contribution < 1.29 is 14.6 Å². The summed E-state index contributed by atoms with van der Waals surface area (Å²) >= 11 is 11.7. The molecule has 0 aliphatic heterocycles. The van der Waals surface area contributed by atoms with Crippen molar-refractivity contribution in [3.63, 3.8) is 0 Å². The average Bonchev–Trinajstić information content (AvgIpc) is 2.67. The van der Waals surface area contributed by atoms with E-state index in [1.54, 1.807) is 6.21 Å². The third-order valence-electron chi connectivity index (χ3n) is 3.72. The Morgan fingerprint density at radius 1 is 1.15 bits per heavy atom. The van der Waals surface area contributed by atoms with Crippen molar-refractivity contribution in [2.75, 3.05) is 36.9 Å². The maximum atomic E-state index is 11.6. The van der Waals surface area contributed by atoms with Crippen LogP contribution in [-0.4, -0.2) is 49.2 Å². The molecule has 2 aromatic carbocycles. The summed E-state index contributed by atoms with van der Waals surface area (Å²) < 4.78 is 4.67. The number of aromatic hydroxyl groups is 1. The number of methoxy groups -OCH3 is 1. The zero-order chi connectivity index (χ0) is 18.9. The molecule has 5 nitrogen and oxygen atoms in total. The Morgan fingerprint density at radius 2 is 1.81 bits per heavy atom. The molecule has 0 saturated carbocycles. The standard InChI is InChI=1S/C19H20Cl2N2O3/c1-26-19(25)15-4-7-18(24)17(12-15)22-13-14-2-5-16(6-3-14)23(10-8-20)11-9-21/h2-7,12-13,24H,8-11H2,1H3. The van der Waals surface area contributed by atoms with Gasteiger partial charge in [-0.25, -0.2) is 4.79 Å². The number of alkyl halides is 2. The van der Waals surface area contributed by atoms with Gasteiger partial charge in [0.1, 0.15) is 11.4 Å². The lowest BCUT2D eigenvalue weighted by atomic mass is 10.2. The minimum Gasteiger partial charge on any atom is -0.506 e. The Bertz CT molecular complexity index is 758. The highest BCUT2D eigenvalue weighted by atomic mass is 35.5. The van der Waals surface area contributed by atoms with Crippen LogP contribution >= 0.6 is 23.2 Å². The summed E-state index contributed by atoms with van der Waals surface area (Å²) in [7, 11) is 1.30. The van der Waals surface area contributed by atoms with Crippen LogP contribution in [-0.2, 0) is 4.74 Å². The molecule has 0 spiro atoms. The summed E-state index contributed by atoms with van der Waals surface area (Å²) in [4.78, 5) is 17.9. The number of carbonyl (C=O) groups is 1. The molecule has 0 saturated heterocycles. The third-order valence-corrected chi connectivity index (χ3v) is 4.05. The van der Waals surface area contributed by atoms with E-state index in [-0.39, 0.29) is 5.75 Å². The molecular weight excluding hydrogens is 375 g/mol. The lowest BCUT2D eigenvalue weighted by molar-refractivity contribution is 0.0601. The van der Waals surface area contributed by atoms with Gasteiger partial charge >= 0.3 is 5.97 Å². The normalized spacial score (nSPS) is 10.9. The van der Waals surface area contributed by atoms with E-state index in [2.05, 4.69) is 14.6 Å². The van der Waals surface area contributed by atoms with Gasteiger partial charge in [-0.2, -0.15) is 0 Å². The van der Waals surface area contributed by atoms with Gasteiger partial charge in [0, 0.05) is 36.8 Å². The fraction of sp³-hybridized carbons (Fsp3) is 0.263. The summed E-state index contributed by atoms with van der Waals surface area (Å²) in [6.07, 6.45) is 1.62. The van der Waals surface area contributed by atoms with E-state index in [4.69, 9.17) is 23.2 Å². The second-order valence-corrected chi connectivity index (χ2v) is 6.17. The first-order valence-electron chi connectivity index (χ1n) is 8.01. The van der Waals surface area contributed by atoms with Crippen LogP contribution in [0.2, 0.25) is 0 Å². The first-order valence-corrected chi connectivity index (χ1v) is 9.08. The predicted molar refractivity (Wildman–Crippen MR) is 107 cm³/mol. The molecule has 0 bridgehead atoms. The third kappa shape index (κ3) is 5.38. The Hall–Kier alpha value is -2.24. The second kappa shape index (κ2) is 10.0. The Kier molecular flexibility index (Phi) is 7.75. The van der Waals surface area contributed by atoms with E-state index in [0.717, 1.165) is 24.3 Å². The molecule has 1 N–H and O–H groups in total. The Balaban J connectivity index is 2.17. The van der Waals surface area contributed by atoms with E-state index < -0.39 is 5.97 Å². The maximum Gasteiger partial charge on any atom is 0.337 e. The monoisotopic (exact) mass is 394 g/mol. The van der Waals surface area contributed by atoms with Crippen LogP contribution < -0.4 is 4.90 Å². The number of hydrogen-bond acceptors (Lipinski definition) is 5. The van der Waals surface area contributed by atoms with Crippen LogP contribution in [0.5, 0.6) is 5.75 Å². The van der Waals surface area contributed by atoms with Crippen LogP contribution in [0.3, 0.4) is 0 Å². The topological polar surface area (TPSA) is 62.1 Å². The Labute approximate surface area is 162 Å². The molecule has 0 heterocycles. The second-order valence-electron chi connectivity index (χ2n) is 5.41. The minimum absolute atomic E-state index is 0.0130. The molecule has 0 unspecified atom stereocenters. The average molecular weight is 395 g/mol. The van der Waals surface area contributed by atoms with E-state index in [0.29, 0.717) is 23.0 Å². The van der Waals surface area contributed by atoms with Crippen molar-refractivity contribution in [1.29, 1.82) is 0 Å². The fourth-order valence-corrected chi connectivity index (χ4v) is 2.77. The molecule has 0 aromatic heterocycles. The van der Waals surface area contributed by atoms with E-state index >= 15 is 0 Å². The number of aliphatic imine (C=N–C) groups is 1. The molecule has 0 aliphatic rings. The van der Waals surface area contributed by atoms with Crippen molar-refractivity contribution >= 4 is 46.8 Å². The van der Waals surface area contributed by atoms with Crippen LogP contribution in [0.4, 0.5) is 11.4 Å². The van der Waals surface area contributed by atoms with Gasteiger partial charge in [-0.3, -0.25) is 4.99 Å². The van der Waals surface area contributed by atoms with Crippen molar-refractivity contribution in [1.82, 2.24) is 0 Å². The Morgan fingerprint density at radius 3 is 2.38 bits per heavy atom. The number of anilines is 1. The van der Waals surface area contributed by atoms with Crippen LogP contribution in [0.1, 0.15) is 15.9 Å². The summed E-state index contributed by atoms with van der Waals surface area (Å²) in [6, 6.07) is 12.1. The molecule has 2 aromatic rings. The zero-order valence-electron chi connectivity index (χ0n) is 14.4. The van der Waals surface area contributed by atoms with Crippen molar-refractivity contribution in [2.24, 2.45) is 4.99 Å². The number of nitrogens with zero attached hydrogens (tertiary/aromatic N) is 2. The minimum atomic E-state index is -0.482. The van der Waals surface area contributed by atoms with Gasteiger partial charge < -0.3 is 14.7 Å². The largest absolute Gasteiger partial charge is 0.506 e. The molecule has 0 fully saturated rings. The molecule has 0 atom stereocenters. The van der Waals surface area contributed by atoms with E-state index in [9.17, 15) is 9.90 Å². The van der Waals surface area contributed by atoms with Gasteiger partial charge in [0.2, 0.25) is 0 Å². The van der Waals surface area contributed by atoms with Crippen LogP contribution in [0.15, 0.2) is 47.5 Å². The van der Waals surface area contributed by atoms with Gasteiger partial charge in [0.05, 0.1) is 12.7 Å². The van der Waals surface area contributed by atoms with Crippen molar-refractivity contribution in [3.05, 3.63) is 53.6 Å². The van der Waals surface area contributed by atoms with Gasteiger partial charge in [0.25, 0.3) is 0 Å².